The zero-order chi connectivity index (χ0) is 14.5. The Kier molecular flexibility index (Phi) is 4.48. The number of nitrogens with one attached hydrogen (secondary N) is 1. The van der Waals surface area contributed by atoms with E-state index in [0.29, 0.717) is 28.6 Å². The van der Waals surface area contributed by atoms with Crippen LogP contribution in [-0.4, -0.2) is 12.6 Å². The standard InChI is InChI=1S/C15H15ClN2O2/c1-2-20-15(19)12-7-4-8-13(14(12)17)18-11-6-3-5-10(16)9-11/h3-9,18H,2,17H2,1H3. The summed E-state index contributed by atoms with van der Waals surface area (Å²) in [6.45, 7) is 2.06. The van der Waals surface area contributed by atoms with Crippen LogP contribution in [0.2, 0.25) is 5.02 Å². The van der Waals surface area contributed by atoms with Crippen molar-refractivity contribution >= 4 is 34.6 Å². The summed E-state index contributed by atoms with van der Waals surface area (Å²) in [6, 6.07) is 12.4. The Hall–Kier alpha value is -2.20. The summed E-state index contributed by atoms with van der Waals surface area (Å²) in [4.78, 5) is 11.8. The van der Waals surface area contributed by atoms with E-state index in [1.165, 1.54) is 0 Å². The Balaban J connectivity index is 2.29. The maximum atomic E-state index is 11.8. The Labute approximate surface area is 122 Å². The van der Waals surface area contributed by atoms with Gasteiger partial charge in [-0.3, -0.25) is 0 Å². The van der Waals surface area contributed by atoms with Crippen molar-refractivity contribution < 1.29 is 9.53 Å². The molecule has 3 N–H and O–H groups in total. The number of anilines is 3. The molecule has 0 saturated carbocycles. The highest BCUT2D eigenvalue weighted by Gasteiger charge is 2.13. The van der Waals surface area contributed by atoms with E-state index < -0.39 is 5.97 Å². The fourth-order valence-corrected chi connectivity index (χ4v) is 1.97. The average molecular weight is 291 g/mol. The third-order valence-electron chi connectivity index (χ3n) is 2.71. The zero-order valence-electron chi connectivity index (χ0n) is 11.0. The van der Waals surface area contributed by atoms with Crippen LogP contribution >= 0.6 is 11.6 Å². The number of nitrogens with two attached hydrogens (primary N) is 1. The van der Waals surface area contributed by atoms with Crippen molar-refractivity contribution in [2.24, 2.45) is 0 Å². The Morgan fingerprint density at radius 2 is 2.05 bits per heavy atom. The number of hydrogen-bond acceptors (Lipinski definition) is 4. The number of benzene rings is 2. The molecule has 0 amide bonds. The monoisotopic (exact) mass is 290 g/mol. The molecule has 0 bridgehead atoms. The summed E-state index contributed by atoms with van der Waals surface area (Å²) in [6.07, 6.45) is 0. The molecule has 0 aromatic heterocycles. The van der Waals surface area contributed by atoms with Crippen molar-refractivity contribution in [3.63, 3.8) is 0 Å². The predicted octanol–water partition coefficient (Wildman–Crippen LogP) is 3.84. The number of nitrogen functional groups attached to an aromatic ring is 1. The molecule has 5 heteroatoms. The van der Waals surface area contributed by atoms with Gasteiger partial charge in [-0.1, -0.05) is 23.7 Å². The molecule has 104 valence electrons. The number of esters is 1. The van der Waals surface area contributed by atoms with E-state index >= 15 is 0 Å². The molecule has 0 unspecified atom stereocenters. The number of ether oxygens (including phenoxy) is 1. The van der Waals surface area contributed by atoms with Gasteiger partial charge in [-0.2, -0.15) is 0 Å². The van der Waals surface area contributed by atoms with Crippen molar-refractivity contribution in [2.75, 3.05) is 17.7 Å². The summed E-state index contributed by atoms with van der Waals surface area (Å²) in [5.41, 5.74) is 8.14. The van der Waals surface area contributed by atoms with Crippen LogP contribution in [0.4, 0.5) is 17.1 Å². The smallest absolute Gasteiger partial charge is 0.340 e. The average Bonchev–Trinajstić information content (AvgIpc) is 2.41. The molecule has 2 aromatic carbocycles. The van der Waals surface area contributed by atoms with Gasteiger partial charge < -0.3 is 15.8 Å². The lowest BCUT2D eigenvalue weighted by molar-refractivity contribution is 0.0527. The van der Waals surface area contributed by atoms with Crippen molar-refractivity contribution in [2.45, 2.75) is 6.92 Å². The van der Waals surface area contributed by atoms with Crippen LogP contribution in [0.1, 0.15) is 17.3 Å². The fourth-order valence-electron chi connectivity index (χ4n) is 1.78. The maximum Gasteiger partial charge on any atom is 0.340 e. The van der Waals surface area contributed by atoms with Gasteiger partial charge in [-0.15, -0.1) is 0 Å². The summed E-state index contributed by atoms with van der Waals surface area (Å²) >= 11 is 5.93. The molecule has 4 nitrogen and oxygen atoms in total. The predicted molar refractivity (Wildman–Crippen MR) is 81.5 cm³/mol. The zero-order valence-corrected chi connectivity index (χ0v) is 11.8. The molecule has 0 aliphatic heterocycles. The van der Waals surface area contributed by atoms with Crippen LogP contribution in [0.3, 0.4) is 0 Å². The Morgan fingerprint density at radius 1 is 1.30 bits per heavy atom. The van der Waals surface area contributed by atoms with Crippen LogP contribution in [0.5, 0.6) is 0 Å². The molecular formula is C15H15ClN2O2. The summed E-state index contributed by atoms with van der Waals surface area (Å²) in [5, 5.41) is 3.75. The molecule has 0 spiro atoms. The molecule has 2 rings (SSSR count). The maximum absolute atomic E-state index is 11.8. The molecule has 0 aliphatic carbocycles. The van der Waals surface area contributed by atoms with E-state index in [9.17, 15) is 4.79 Å². The third kappa shape index (κ3) is 3.22. The van der Waals surface area contributed by atoms with E-state index in [-0.39, 0.29) is 0 Å². The summed E-state index contributed by atoms with van der Waals surface area (Å²) < 4.78 is 4.97. The van der Waals surface area contributed by atoms with Gasteiger partial charge in [0.1, 0.15) is 0 Å². The topological polar surface area (TPSA) is 64.3 Å². The van der Waals surface area contributed by atoms with E-state index in [1.54, 1.807) is 37.3 Å². The molecule has 0 heterocycles. The highest BCUT2D eigenvalue weighted by atomic mass is 35.5. The lowest BCUT2D eigenvalue weighted by Crippen LogP contribution is -2.09. The second kappa shape index (κ2) is 6.30. The molecule has 0 saturated heterocycles. The second-order valence-corrected chi connectivity index (χ2v) is 4.56. The highest BCUT2D eigenvalue weighted by Crippen LogP contribution is 2.27. The second-order valence-electron chi connectivity index (χ2n) is 4.12. The van der Waals surface area contributed by atoms with Gasteiger partial charge in [0.15, 0.2) is 0 Å². The third-order valence-corrected chi connectivity index (χ3v) is 2.94. The van der Waals surface area contributed by atoms with Gasteiger partial charge in [0, 0.05) is 10.7 Å². The molecule has 2 aromatic rings. The molecule has 0 aliphatic rings. The van der Waals surface area contributed by atoms with Gasteiger partial charge in [-0.05, 0) is 37.3 Å². The Morgan fingerprint density at radius 3 is 2.75 bits per heavy atom. The van der Waals surface area contributed by atoms with Gasteiger partial charge in [-0.25, -0.2) is 4.79 Å². The summed E-state index contributed by atoms with van der Waals surface area (Å²) in [5.74, 6) is -0.431. The van der Waals surface area contributed by atoms with Crippen LogP contribution < -0.4 is 11.1 Å². The van der Waals surface area contributed by atoms with E-state index in [2.05, 4.69) is 5.32 Å². The van der Waals surface area contributed by atoms with Crippen molar-refractivity contribution in [3.05, 3.63) is 53.1 Å². The first kappa shape index (κ1) is 14.2. The molecular weight excluding hydrogens is 276 g/mol. The molecule has 0 radical (unpaired) electrons. The van der Waals surface area contributed by atoms with Gasteiger partial charge >= 0.3 is 5.97 Å². The Bertz CT molecular complexity index is 629. The van der Waals surface area contributed by atoms with Crippen LogP contribution in [-0.2, 0) is 4.74 Å². The van der Waals surface area contributed by atoms with Gasteiger partial charge in [0.05, 0.1) is 23.5 Å². The van der Waals surface area contributed by atoms with E-state index in [0.717, 1.165) is 5.69 Å². The molecule has 20 heavy (non-hydrogen) atoms. The fraction of sp³-hybridized carbons (Fsp3) is 0.133. The lowest BCUT2D eigenvalue weighted by atomic mass is 10.1. The first-order valence-electron chi connectivity index (χ1n) is 6.20. The number of hydrogen-bond donors (Lipinski definition) is 2. The highest BCUT2D eigenvalue weighted by molar-refractivity contribution is 6.30. The van der Waals surface area contributed by atoms with Crippen molar-refractivity contribution in [3.8, 4) is 0 Å². The van der Waals surface area contributed by atoms with Gasteiger partial charge in [0.2, 0.25) is 0 Å². The normalized spacial score (nSPS) is 10.1. The number of carbonyl (C=O) groups is 1. The van der Waals surface area contributed by atoms with Gasteiger partial charge in [0.25, 0.3) is 0 Å². The minimum absolute atomic E-state index is 0.310. The molecule has 0 fully saturated rings. The first-order chi connectivity index (χ1) is 9.61. The van der Waals surface area contributed by atoms with Crippen LogP contribution in [0.25, 0.3) is 0 Å². The quantitative estimate of drug-likeness (QED) is 0.663. The largest absolute Gasteiger partial charge is 0.462 e. The van der Waals surface area contributed by atoms with Crippen LogP contribution in [0.15, 0.2) is 42.5 Å². The SMILES string of the molecule is CCOC(=O)c1cccc(Nc2cccc(Cl)c2)c1N. The first-order valence-corrected chi connectivity index (χ1v) is 6.58. The van der Waals surface area contributed by atoms with Crippen molar-refractivity contribution in [1.82, 2.24) is 0 Å². The van der Waals surface area contributed by atoms with E-state index in [4.69, 9.17) is 22.1 Å². The number of halogens is 1. The summed E-state index contributed by atoms with van der Waals surface area (Å²) in [7, 11) is 0. The molecule has 0 atom stereocenters. The van der Waals surface area contributed by atoms with E-state index in [1.807, 2.05) is 12.1 Å². The van der Waals surface area contributed by atoms with Crippen molar-refractivity contribution in [1.29, 1.82) is 0 Å². The minimum Gasteiger partial charge on any atom is -0.462 e. The number of rotatable bonds is 4. The minimum atomic E-state index is -0.431. The number of para-hydroxylation sites is 1. The number of carbonyl (C=O) groups excluding carboxylic acids is 1. The lowest BCUT2D eigenvalue weighted by Gasteiger charge is -2.12. The van der Waals surface area contributed by atoms with Crippen LogP contribution in [0, 0.1) is 0 Å².